The number of rotatable bonds is 1. The van der Waals surface area contributed by atoms with Gasteiger partial charge in [-0.1, -0.05) is 40.5 Å². The molecule has 0 amide bonds. The Morgan fingerprint density at radius 2 is 1.82 bits per heavy atom. The molecule has 3 nitrogen and oxygen atoms in total. The number of hydrogen-bond acceptors (Lipinski definition) is 2. The van der Waals surface area contributed by atoms with Crippen LogP contribution in [0, 0.1) is 5.92 Å². The highest BCUT2D eigenvalue weighted by atomic mass is 35.5. The fraction of sp³-hybridized carbons (Fsp3) is 0.846. The summed E-state index contributed by atoms with van der Waals surface area (Å²) in [4.78, 5) is 0. The van der Waals surface area contributed by atoms with Crippen LogP contribution in [0.4, 0.5) is 0 Å². The van der Waals surface area contributed by atoms with Crippen LogP contribution in [-0.2, 0) is 5.41 Å². The van der Waals surface area contributed by atoms with Gasteiger partial charge in [0.25, 0.3) is 0 Å². The number of halogens is 1. The lowest BCUT2D eigenvalue weighted by Crippen LogP contribution is -2.27. The Balaban J connectivity index is 2.39. The molecular weight excluding hydrogens is 234 g/mol. The second kappa shape index (κ2) is 4.60. The van der Waals surface area contributed by atoms with Crippen LogP contribution in [0.25, 0.3) is 0 Å². The molecular formula is C13H22ClN3. The third kappa shape index (κ3) is 2.49. The molecule has 1 aromatic heterocycles. The first-order chi connectivity index (χ1) is 7.91. The molecule has 1 aromatic rings. The fourth-order valence-corrected chi connectivity index (χ4v) is 3.00. The predicted octanol–water partition coefficient (Wildman–Crippen LogP) is 3.98. The topological polar surface area (TPSA) is 30.7 Å². The standard InChI is InChI=1S/C13H22ClN3/c1-9-7-5-6-8-10(9)17-11(13(2,3)4)15-16-12(17)14/h9-10H,5-8H2,1-4H3. The van der Waals surface area contributed by atoms with Crippen LogP contribution in [0.1, 0.15) is 65.2 Å². The van der Waals surface area contributed by atoms with E-state index in [1.165, 1.54) is 25.7 Å². The summed E-state index contributed by atoms with van der Waals surface area (Å²) >= 11 is 6.24. The molecule has 0 aromatic carbocycles. The molecule has 0 radical (unpaired) electrons. The second-order valence-electron chi connectivity index (χ2n) is 6.24. The van der Waals surface area contributed by atoms with Crippen molar-refractivity contribution >= 4 is 11.6 Å². The van der Waals surface area contributed by atoms with Crippen molar-refractivity contribution in [1.29, 1.82) is 0 Å². The van der Waals surface area contributed by atoms with Gasteiger partial charge in [-0.25, -0.2) is 0 Å². The molecule has 0 saturated heterocycles. The summed E-state index contributed by atoms with van der Waals surface area (Å²) in [5.74, 6) is 1.68. The summed E-state index contributed by atoms with van der Waals surface area (Å²) in [7, 11) is 0. The van der Waals surface area contributed by atoms with Gasteiger partial charge in [0, 0.05) is 11.5 Å². The monoisotopic (exact) mass is 255 g/mol. The lowest BCUT2D eigenvalue weighted by molar-refractivity contribution is 0.245. The molecule has 96 valence electrons. The smallest absolute Gasteiger partial charge is 0.225 e. The van der Waals surface area contributed by atoms with Gasteiger partial charge in [0.15, 0.2) is 0 Å². The average Bonchev–Trinajstić information content (AvgIpc) is 2.60. The molecule has 0 bridgehead atoms. The Morgan fingerprint density at radius 3 is 2.41 bits per heavy atom. The van der Waals surface area contributed by atoms with Gasteiger partial charge >= 0.3 is 0 Å². The largest absolute Gasteiger partial charge is 0.298 e. The van der Waals surface area contributed by atoms with Crippen LogP contribution in [0.2, 0.25) is 5.28 Å². The Morgan fingerprint density at radius 1 is 1.18 bits per heavy atom. The molecule has 1 aliphatic carbocycles. The van der Waals surface area contributed by atoms with Gasteiger partial charge < -0.3 is 0 Å². The van der Waals surface area contributed by atoms with Gasteiger partial charge in [0.2, 0.25) is 5.28 Å². The summed E-state index contributed by atoms with van der Waals surface area (Å²) in [6.07, 6.45) is 5.10. The highest BCUT2D eigenvalue weighted by Crippen LogP contribution is 2.37. The van der Waals surface area contributed by atoms with Crippen LogP contribution in [0.3, 0.4) is 0 Å². The maximum atomic E-state index is 6.24. The van der Waals surface area contributed by atoms with Crippen molar-refractivity contribution in [3.05, 3.63) is 11.1 Å². The van der Waals surface area contributed by atoms with Gasteiger partial charge in [-0.15, -0.1) is 10.2 Å². The molecule has 2 unspecified atom stereocenters. The molecule has 1 heterocycles. The minimum atomic E-state index is -0.00267. The highest BCUT2D eigenvalue weighted by Gasteiger charge is 2.31. The van der Waals surface area contributed by atoms with Crippen molar-refractivity contribution in [2.24, 2.45) is 5.92 Å². The normalized spacial score (nSPS) is 26.2. The van der Waals surface area contributed by atoms with Crippen LogP contribution in [-0.4, -0.2) is 14.8 Å². The molecule has 1 aliphatic rings. The van der Waals surface area contributed by atoms with E-state index >= 15 is 0 Å². The molecule has 2 atom stereocenters. The van der Waals surface area contributed by atoms with Crippen molar-refractivity contribution in [3.8, 4) is 0 Å². The van der Waals surface area contributed by atoms with Crippen molar-refractivity contribution in [1.82, 2.24) is 14.8 Å². The Labute approximate surface area is 109 Å². The molecule has 0 aliphatic heterocycles. The highest BCUT2D eigenvalue weighted by molar-refractivity contribution is 6.28. The minimum absolute atomic E-state index is 0.00267. The molecule has 0 N–H and O–H groups in total. The zero-order valence-electron chi connectivity index (χ0n) is 11.2. The van der Waals surface area contributed by atoms with E-state index in [-0.39, 0.29) is 5.41 Å². The minimum Gasteiger partial charge on any atom is -0.298 e. The van der Waals surface area contributed by atoms with E-state index < -0.39 is 0 Å². The number of hydrogen-bond donors (Lipinski definition) is 0. The molecule has 1 saturated carbocycles. The van der Waals surface area contributed by atoms with Gasteiger partial charge in [0.05, 0.1) is 0 Å². The van der Waals surface area contributed by atoms with E-state index in [1.807, 2.05) is 0 Å². The van der Waals surface area contributed by atoms with E-state index in [9.17, 15) is 0 Å². The van der Waals surface area contributed by atoms with Gasteiger partial charge in [-0.05, 0) is 30.4 Å². The third-order valence-electron chi connectivity index (χ3n) is 3.72. The van der Waals surface area contributed by atoms with E-state index in [0.717, 1.165) is 5.82 Å². The van der Waals surface area contributed by atoms with Crippen LogP contribution < -0.4 is 0 Å². The lowest BCUT2D eigenvalue weighted by Gasteiger charge is -2.33. The van der Waals surface area contributed by atoms with Gasteiger partial charge in [-0.2, -0.15) is 0 Å². The first-order valence-electron chi connectivity index (χ1n) is 6.52. The number of nitrogens with zero attached hydrogens (tertiary/aromatic N) is 3. The summed E-state index contributed by atoms with van der Waals surface area (Å²) in [5, 5.41) is 8.90. The van der Waals surface area contributed by atoms with Crippen molar-refractivity contribution in [2.45, 2.75) is 64.8 Å². The van der Waals surface area contributed by atoms with E-state index in [4.69, 9.17) is 11.6 Å². The molecule has 0 spiro atoms. The summed E-state index contributed by atoms with van der Waals surface area (Å²) in [6.45, 7) is 8.80. The Kier molecular flexibility index (Phi) is 3.48. The van der Waals surface area contributed by atoms with Gasteiger partial charge in [0.1, 0.15) is 5.82 Å². The van der Waals surface area contributed by atoms with E-state index in [0.29, 0.717) is 17.2 Å². The molecule has 1 fully saturated rings. The zero-order chi connectivity index (χ0) is 12.6. The van der Waals surface area contributed by atoms with E-state index in [2.05, 4.69) is 42.5 Å². The van der Waals surface area contributed by atoms with Crippen LogP contribution in [0.15, 0.2) is 0 Å². The predicted molar refractivity (Wildman–Crippen MR) is 70.4 cm³/mol. The Bertz CT molecular complexity index is 392. The summed E-state index contributed by atoms with van der Waals surface area (Å²) in [6, 6.07) is 0.473. The van der Waals surface area contributed by atoms with E-state index in [1.54, 1.807) is 0 Å². The first kappa shape index (κ1) is 12.9. The second-order valence-corrected chi connectivity index (χ2v) is 6.58. The number of aromatic nitrogens is 3. The fourth-order valence-electron chi connectivity index (χ4n) is 2.76. The summed E-state index contributed by atoms with van der Waals surface area (Å²) < 4.78 is 2.17. The molecule has 17 heavy (non-hydrogen) atoms. The van der Waals surface area contributed by atoms with Crippen molar-refractivity contribution in [3.63, 3.8) is 0 Å². The lowest BCUT2D eigenvalue weighted by atomic mass is 9.85. The maximum absolute atomic E-state index is 6.24. The van der Waals surface area contributed by atoms with Crippen LogP contribution in [0.5, 0.6) is 0 Å². The van der Waals surface area contributed by atoms with Crippen molar-refractivity contribution < 1.29 is 0 Å². The third-order valence-corrected chi connectivity index (χ3v) is 3.98. The SMILES string of the molecule is CC1CCCCC1n1c(Cl)nnc1C(C)(C)C. The molecule has 4 heteroatoms. The molecule has 2 rings (SSSR count). The van der Waals surface area contributed by atoms with Crippen molar-refractivity contribution in [2.75, 3.05) is 0 Å². The van der Waals surface area contributed by atoms with Crippen LogP contribution >= 0.6 is 11.6 Å². The zero-order valence-corrected chi connectivity index (χ0v) is 12.0. The van der Waals surface area contributed by atoms with Gasteiger partial charge in [-0.3, -0.25) is 4.57 Å². The summed E-state index contributed by atoms with van der Waals surface area (Å²) in [5.41, 5.74) is -0.00267. The first-order valence-corrected chi connectivity index (χ1v) is 6.90. The Hall–Kier alpha value is -0.570. The quantitative estimate of drug-likeness (QED) is 0.760. The maximum Gasteiger partial charge on any atom is 0.225 e. The average molecular weight is 256 g/mol.